The number of ether oxygens (including phenoxy) is 2. The first kappa shape index (κ1) is 19.2. The summed E-state index contributed by atoms with van der Waals surface area (Å²) in [5.41, 5.74) is 2.58. The number of carbonyl (C=O) groups excluding carboxylic acids is 3. The molecule has 7 nitrogen and oxygen atoms in total. The zero-order chi connectivity index (χ0) is 19.2. The lowest BCUT2D eigenvalue weighted by Gasteiger charge is -2.16. The number of benzene rings is 1. The fraction of sp³-hybridized carbons (Fsp3) is 0.550. The van der Waals surface area contributed by atoms with Gasteiger partial charge in [0.2, 0.25) is 0 Å². The van der Waals surface area contributed by atoms with Gasteiger partial charge in [-0.15, -0.1) is 0 Å². The number of amides is 3. The Bertz CT molecular complexity index is 712. The third-order valence-corrected chi connectivity index (χ3v) is 5.03. The largest absolute Gasteiger partial charge is 0.482 e. The molecule has 0 radical (unpaired) electrons. The van der Waals surface area contributed by atoms with E-state index in [2.05, 4.69) is 10.6 Å². The summed E-state index contributed by atoms with van der Waals surface area (Å²) in [5.74, 6) is -0.702. The topological polar surface area (TPSA) is 93.7 Å². The second-order valence-electron chi connectivity index (χ2n) is 7.15. The van der Waals surface area contributed by atoms with Gasteiger partial charge in [0, 0.05) is 6.04 Å². The molecule has 0 bridgehead atoms. The first-order valence-corrected chi connectivity index (χ1v) is 9.56. The van der Waals surface area contributed by atoms with Crippen LogP contribution in [0.4, 0.5) is 4.79 Å². The van der Waals surface area contributed by atoms with E-state index in [4.69, 9.17) is 9.47 Å². The zero-order valence-corrected chi connectivity index (χ0v) is 15.6. The molecule has 2 N–H and O–H groups in total. The van der Waals surface area contributed by atoms with Crippen LogP contribution in [0.3, 0.4) is 0 Å². The summed E-state index contributed by atoms with van der Waals surface area (Å²) in [6.45, 7) is 1.14. The highest BCUT2D eigenvalue weighted by Crippen LogP contribution is 2.26. The van der Waals surface area contributed by atoms with E-state index in [1.807, 2.05) is 18.2 Å². The summed E-state index contributed by atoms with van der Waals surface area (Å²) >= 11 is 0. The predicted molar refractivity (Wildman–Crippen MR) is 98.4 cm³/mol. The maximum absolute atomic E-state index is 12.0. The van der Waals surface area contributed by atoms with Crippen molar-refractivity contribution in [2.24, 2.45) is 0 Å². The van der Waals surface area contributed by atoms with Gasteiger partial charge in [-0.05, 0) is 62.3 Å². The Morgan fingerprint density at radius 1 is 1.11 bits per heavy atom. The van der Waals surface area contributed by atoms with E-state index >= 15 is 0 Å². The highest BCUT2D eigenvalue weighted by atomic mass is 16.6. The lowest BCUT2D eigenvalue weighted by atomic mass is 10.1. The number of nitrogens with one attached hydrogen (secondary N) is 2. The van der Waals surface area contributed by atoms with Crippen LogP contribution in [-0.2, 0) is 27.2 Å². The minimum Gasteiger partial charge on any atom is -0.482 e. The van der Waals surface area contributed by atoms with Gasteiger partial charge in [-0.2, -0.15) is 0 Å². The summed E-state index contributed by atoms with van der Waals surface area (Å²) in [6, 6.07) is 5.35. The van der Waals surface area contributed by atoms with Crippen molar-refractivity contribution in [1.82, 2.24) is 10.6 Å². The minimum atomic E-state index is -1.07. The molecule has 1 atom stereocenters. The van der Waals surface area contributed by atoms with Crippen LogP contribution < -0.4 is 15.4 Å². The Labute approximate surface area is 158 Å². The minimum absolute atomic E-state index is 0.108. The molecule has 1 saturated carbocycles. The van der Waals surface area contributed by atoms with Gasteiger partial charge < -0.3 is 14.8 Å². The monoisotopic (exact) mass is 374 g/mol. The van der Waals surface area contributed by atoms with Crippen molar-refractivity contribution >= 4 is 17.9 Å². The smallest absolute Gasteiger partial charge is 0.344 e. The van der Waals surface area contributed by atoms with E-state index in [0.29, 0.717) is 5.75 Å². The average Bonchev–Trinajstić information content (AvgIpc) is 3.30. The second kappa shape index (κ2) is 8.88. The molecule has 0 aliphatic heterocycles. The number of carbonyl (C=O) groups is 3. The number of esters is 1. The standard InChI is InChI=1S/C20H26N2O5/c1-13(19(24)22-20(25)21-16-7-2-3-8-16)27-18(23)12-26-17-10-9-14-5-4-6-15(14)11-17/h9-11,13,16H,2-8,12H2,1H3,(H2,21,22,24,25)/t13-/m0/s1. The molecule has 1 aromatic rings. The quantitative estimate of drug-likeness (QED) is 0.745. The first-order chi connectivity index (χ1) is 13.0. The van der Waals surface area contributed by atoms with Gasteiger partial charge in [-0.3, -0.25) is 10.1 Å². The number of rotatable bonds is 6. The van der Waals surface area contributed by atoms with Crippen LogP contribution in [-0.4, -0.2) is 36.7 Å². The number of imide groups is 1. The predicted octanol–water partition coefficient (Wildman–Crippen LogP) is 2.25. The van der Waals surface area contributed by atoms with Crippen LogP contribution in [0.5, 0.6) is 5.75 Å². The molecule has 0 aromatic heterocycles. The van der Waals surface area contributed by atoms with Crippen LogP contribution in [0.2, 0.25) is 0 Å². The summed E-state index contributed by atoms with van der Waals surface area (Å²) in [6.07, 6.45) is 6.18. The molecule has 2 aliphatic carbocycles. The van der Waals surface area contributed by atoms with Crippen molar-refractivity contribution in [1.29, 1.82) is 0 Å². The van der Waals surface area contributed by atoms with Crippen LogP contribution >= 0.6 is 0 Å². The van der Waals surface area contributed by atoms with Crippen LogP contribution in [0, 0.1) is 0 Å². The van der Waals surface area contributed by atoms with Gasteiger partial charge in [-0.25, -0.2) is 9.59 Å². The number of hydrogen-bond donors (Lipinski definition) is 2. The van der Waals surface area contributed by atoms with E-state index < -0.39 is 24.0 Å². The normalized spacial score (nSPS) is 17.1. The van der Waals surface area contributed by atoms with Gasteiger partial charge in [0.25, 0.3) is 5.91 Å². The Balaban J connectivity index is 1.38. The van der Waals surface area contributed by atoms with Gasteiger partial charge in [-0.1, -0.05) is 18.9 Å². The molecule has 146 valence electrons. The summed E-state index contributed by atoms with van der Waals surface area (Å²) < 4.78 is 10.5. The van der Waals surface area contributed by atoms with E-state index in [9.17, 15) is 14.4 Å². The van der Waals surface area contributed by atoms with Crippen LogP contribution in [0.15, 0.2) is 18.2 Å². The van der Waals surface area contributed by atoms with Gasteiger partial charge in [0.1, 0.15) is 5.75 Å². The molecular formula is C20H26N2O5. The SMILES string of the molecule is C[C@H](OC(=O)COc1ccc2c(c1)CCC2)C(=O)NC(=O)NC1CCCC1. The Kier molecular flexibility index (Phi) is 6.32. The lowest BCUT2D eigenvalue weighted by molar-refractivity contribution is -0.156. The van der Waals surface area contributed by atoms with E-state index in [-0.39, 0.29) is 12.6 Å². The molecule has 2 aliphatic rings. The Hall–Kier alpha value is -2.57. The van der Waals surface area contributed by atoms with Crippen molar-refractivity contribution in [2.45, 2.75) is 64.0 Å². The molecule has 27 heavy (non-hydrogen) atoms. The second-order valence-corrected chi connectivity index (χ2v) is 7.15. The molecular weight excluding hydrogens is 348 g/mol. The highest BCUT2D eigenvalue weighted by Gasteiger charge is 2.23. The molecule has 7 heteroatoms. The number of fused-ring (bicyclic) bond motifs is 1. The number of urea groups is 1. The van der Waals surface area contributed by atoms with Crippen molar-refractivity contribution in [3.05, 3.63) is 29.3 Å². The number of hydrogen-bond acceptors (Lipinski definition) is 5. The lowest BCUT2D eigenvalue weighted by Crippen LogP contribution is -2.47. The summed E-state index contributed by atoms with van der Waals surface area (Å²) in [5, 5.41) is 4.96. The van der Waals surface area contributed by atoms with Gasteiger partial charge in [0.15, 0.2) is 12.7 Å². The molecule has 0 unspecified atom stereocenters. The van der Waals surface area contributed by atoms with E-state index in [1.165, 1.54) is 18.1 Å². The molecule has 0 spiro atoms. The van der Waals surface area contributed by atoms with Crippen molar-refractivity contribution < 1.29 is 23.9 Å². The molecule has 1 fully saturated rings. The average molecular weight is 374 g/mol. The zero-order valence-electron chi connectivity index (χ0n) is 15.6. The fourth-order valence-corrected chi connectivity index (χ4v) is 3.57. The molecule has 0 saturated heterocycles. The summed E-state index contributed by atoms with van der Waals surface area (Å²) in [7, 11) is 0. The highest BCUT2D eigenvalue weighted by molar-refractivity contribution is 5.97. The van der Waals surface area contributed by atoms with Gasteiger partial charge >= 0.3 is 12.0 Å². The molecule has 1 aromatic carbocycles. The summed E-state index contributed by atoms with van der Waals surface area (Å²) in [4.78, 5) is 35.7. The maximum atomic E-state index is 12.0. The molecule has 3 amide bonds. The Morgan fingerprint density at radius 3 is 2.63 bits per heavy atom. The Morgan fingerprint density at radius 2 is 1.85 bits per heavy atom. The van der Waals surface area contributed by atoms with Crippen molar-refractivity contribution in [3.63, 3.8) is 0 Å². The van der Waals surface area contributed by atoms with E-state index in [0.717, 1.165) is 44.9 Å². The first-order valence-electron chi connectivity index (χ1n) is 9.56. The molecule has 3 rings (SSSR count). The fourth-order valence-electron chi connectivity index (χ4n) is 3.57. The van der Waals surface area contributed by atoms with Crippen molar-refractivity contribution in [3.8, 4) is 5.75 Å². The van der Waals surface area contributed by atoms with Crippen LogP contribution in [0.1, 0.15) is 50.2 Å². The number of aryl methyl sites for hydroxylation is 2. The van der Waals surface area contributed by atoms with Crippen molar-refractivity contribution in [2.75, 3.05) is 6.61 Å². The third kappa shape index (κ3) is 5.45. The molecule has 0 heterocycles. The van der Waals surface area contributed by atoms with Crippen LogP contribution in [0.25, 0.3) is 0 Å². The maximum Gasteiger partial charge on any atom is 0.344 e. The van der Waals surface area contributed by atoms with E-state index in [1.54, 1.807) is 0 Å². The third-order valence-electron chi connectivity index (χ3n) is 5.03. The van der Waals surface area contributed by atoms with Gasteiger partial charge in [0.05, 0.1) is 0 Å².